The number of furan rings is 1. The van der Waals surface area contributed by atoms with Gasteiger partial charge in [0, 0.05) is 4.48 Å². The summed E-state index contributed by atoms with van der Waals surface area (Å²) in [6, 6.07) is 13.1. The molecule has 1 aromatic heterocycles. The van der Waals surface area contributed by atoms with Crippen LogP contribution in [0.4, 0.5) is 0 Å². The second-order valence-corrected chi connectivity index (χ2v) is 5.24. The van der Waals surface area contributed by atoms with Gasteiger partial charge in [0.2, 0.25) is 5.78 Å². The zero-order chi connectivity index (χ0) is 15.2. The molecule has 2 aromatic rings. The molecule has 0 saturated carbocycles. The van der Waals surface area contributed by atoms with Crippen LogP contribution in [0.5, 0.6) is 0 Å². The van der Waals surface area contributed by atoms with Crippen LogP contribution in [0.15, 0.2) is 63.2 Å². The Morgan fingerprint density at radius 3 is 2.57 bits per heavy atom. The standard InChI is InChI=1S/C17H12BrNO2/c1-12-16(7-8-21-12)17(20)14(11-19)10-15(18)9-13-5-3-2-4-6-13/h2-10H,1H3/b14-10+,15-9-. The molecule has 0 aliphatic carbocycles. The maximum absolute atomic E-state index is 12.2. The fourth-order valence-electron chi connectivity index (χ4n) is 1.80. The minimum absolute atomic E-state index is 0.0542. The highest BCUT2D eigenvalue weighted by Crippen LogP contribution is 2.19. The highest BCUT2D eigenvalue weighted by Gasteiger charge is 2.16. The summed E-state index contributed by atoms with van der Waals surface area (Å²) < 4.78 is 5.75. The molecule has 0 fully saturated rings. The maximum atomic E-state index is 12.2. The molecule has 4 heteroatoms. The number of nitriles is 1. The van der Waals surface area contributed by atoms with Gasteiger partial charge >= 0.3 is 0 Å². The zero-order valence-electron chi connectivity index (χ0n) is 11.3. The summed E-state index contributed by atoms with van der Waals surface area (Å²) in [4.78, 5) is 12.2. The second kappa shape index (κ2) is 6.87. The quantitative estimate of drug-likeness (QED) is 0.352. The first-order valence-corrected chi connectivity index (χ1v) is 7.04. The van der Waals surface area contributed by atoms with E-state index in [9.17, 15) is 10.1 Å². The van der Waals surface area contributed by atoms with Gasteiger partial charge in [-0.25, -0.2) is 0 Å². The zero-order valence-corrected chi connectivity index (χ0v) is 12.9. The lowest BCUT2D eigenvalue weighted by Gasteiger charge is -1.98. The van der Waals surface area contributed by atoms with Crippen molar-refractivity contribution >= 4 is 27.8 Å². The van der Waals surface area contributed by atoms with E-state index in [1.807, 2.05) is 42.5 Å². The van der Waals surface area contributed by atoms with E-state index in [1.165, 1.54) is 12.3 Å². The molecule has 0 radical (unpaired) electrons. The first kappa shape index (κ1) is 15.0. The third-order valence-corrected chi connectivity index (χ3v) is 3.31. The predicted molar refractivity (Wildman–Crippen MR) is 84.8 cm³/mol. The van der Waals surface area contributed by atoms with Gasteiger partial charge in [-0.15, -0.1) is 0 Å². The Morgan fingerprint density at radius 2 is 2.00 bits per heavy atom. The first-order valence-electron chi connectivity index (χ1n) is 6.24. The smallest absolute Gasteiger partial charge is 0.207 e. The SMILES string of the molecule is Cc1occc1C(=O)/C(C#N)=C/C(Br)=C/c1ccccc1. The molecule has 0 N–H and O–H groups in total. The Kier molecular flexibility index (Phi) is 4.91. The monoisotopic (exact) mass is 341 g/mol. The summed E-state index contributed by atoms with van der Waals surface area (Å²) in [5.41, 5.74) is 1.44. The molecule has 1 aromatic carbocycles. The van der Waals surface area contributed by atoms with Crippen LogP contribution in [0.25, 0.3) is 6.08 Å². The summed E-state index contributed by atoms with van der Waals surface area (Å²) in [6.45, 7) is 1.69. The van der Waals surface area contributed by atoms with Crippen LogP contribution in [0.1, 0.15) is 21.7 Å². The number of allylic oxidation sites excluding steroid dienone is 3. The Hall–Kier alpha value is -2.38. The van der Waals surface area contributed by atoms with Gasteiger partial charge in [0.25, 0.3) is 0 Å². The summed E-state index contributed by atoms with van der Waals surface area (Å²) in [5, 5.41) is 9.18. The largest absolute Gasteiger partial charge is 0.469 e. The highest BCUT2D eigenvalue weighted by atomic mass is 79.9. The Morgan fingerprint density at radius 1 is 1.29 bits per heavy atom. The van der Waals surface area contributed by atoms with Gasteiger partial charge in [-0.1, -0.05) is 46.3 Å². The van der Waals surface area contributed by atoms with Gasteiger partial charge in [0.15, 0.2) is 0 Å². The van der Waals surface area contributed by atoms with E-state index in [-0.39, 0.29) is 11.4 Å². The molecule has 2 rings (SSSR count). The summed E-state index contributed by atoms with van der Waals surface area (Å²) in [5.74, 6) is 0.159. The Bertz CT molecular complexity index is 749. The van der Waals surface area contributed by atoms with E-state index in [4.69, 9.17) is 4.42 Å². The third kappa shape index (κ3) is 3.80. The molecule has 0 unspecified atom stereocenters. The summed E-state index contributed by atoms with van der Waals surface area (Å²) in [6.07, 6.45) is 4.79. The minimum atomic E-state index is -0.345. The van der Waals surface area contributed by atoms with Gasteiger partial charge in [-0.3, -0.25) is 4.79 Å². The minimum Gasteiger partial charge on any atom is -0.469 e. The Labute approximate surface area is 131 Å². The predicted octanol–water partition coefficient (Wildman–Crippen LogP) is 4.66. The van der Waals surface area contributed by atoms with Crippen LogP contribution >= 0.6 is 15.9 Å². The number of carbonyl (C=O) groups is 1. The van der Waals surface area contributed by atoms with Crippen LogP contribution < -0.4 is 0 Å². The molecule has 0 bridgehead atoms. The number of benzene rings is 1. The van der Waals surface area contributed by atoms with Crippen molar-refractivity contribution in [3.05, 3.63) is 75.7 Å². The lowest BCUT2D eigenvalue weighted by atomic mass is 10.0. The van der Waals surface area contributed by atoms with Gasteiger partial charge < -0.3 is 4.42 Å². The van der Waals surface area contributed by atoms with Crippen molar-refractivity contribution in [2.24, 2.45) is 0 Å². The van der Waals surface area contributed by atoms with E-state index in [1.54, 1.807) is 13.0 Å². The van der Waals surface area contributed by atoms with Crippen molar-refractivity contribution in [2.45, 2.75) is 6.92 Å². The third-order valence-electron chi connectivity index (χ3n) is 2.85. The number of halogens is 1. The van der Waals surface area contributed by atoms with Gasteiger partial charge in [-0.2, -0.15) is 5.26 Å². The molecule has 0 spiro atoms. The van der Waals surface area contributed by atoms with Crippen molar-refractivity contribution in [2.75, 3.05) is 0 Å². The molecule has 0 atom stereocenters. The average Bonchev–Trinajstić information content (AvgIpc) is 2.91. The fourth-order valence-corrected chi connectivity index (χ4v) is 2.30. The van der Waals surface area contributed by atoms with Crippen molar-refractivity contribution in [1.82, 2.24) is 0 Å². The number of hydrogen-bond donors (Lipinski definition) is 0. The van der Waals surface area contributed by atoms with E-state index >= 15 is 0 Å². The van der Waals surface area contributed by atoms with Crippen LogP contribution in [0, 0.1) is 18.3 Å². The summed E-state index contributed by atoms with van der Waals surface area (Å²) >= 11 is 3.36. The number of rotatable bonds is 4. The molecule has 0 saturated heterocycles. The lowest BCUT2D eigenvalue weighted by molar-refractivity contribution is 0.103. The maximum Gasteiger partial charge on any atom is 0.207 e. The van der Waals surface area contributed by atoms with Gasteiger partial charge in [0.1, 0.15) is 17.4 Å². The molecule has 104 valence electrons. The number of hydrogen-bond acceptors (Lipinski definition) is 3. The molecule has 3 nitrogen and oxygen atoms in total. The molecule has 0 aliphatic rings. The number of nitrogens with zero attached hydrogens (tertiary/aromatic N) is 1. The van der Waals surface area contributed by atoms with Gasteiger partial charge in [-0.05, 0) is 30.7 Å². The van der Waals surface area contributed by atoms with E-state index in [0.717, 1.165) is 5.56 Å². The molecule has 1 heterocycles. The molecule has 21 heavy (non-hydrogen) atoms. The number of aryl methyl sites for hydroxylation is 1. The number of carbonyl (C=O) groups excluding carboxylic acids is 1. The Balaban J connectivity index is 2.29. The van der Waals surface area contributed by atoms with Crippen molar-refractivity contribution in [1.29, 1.82) is 5.26 Å². The molecule has 0 amide bonds. The second-order valence-electron chi connectivity index (χ2n) is 4.33. The van der Waals surface area contributed by atoms with Crippen molar-refractivity contribution < 1.29 is 9.21 Å². The summed E-state index contributed by atoms with van der Waals surface area (Å²) in [7, 11) is 0. The lowest BCUT2D eigenvalue weighted by Crippen LogP contribution is -2.02. The highest BCUT2D eigenvalue weighted by molar-refractivity contribution is 9.12. The van der Waals surface area contributed by atoms with Crippen molar-refractivity contribution in [3.8, 4) is 6.07 Å². The molecular formula is C17H12BrNO2. The average molecular weight is 342 g/mol. The van der Waals surface area contributed by atoms with Crippen molar-refractivity contribution in [3.63, 3.8) is 0 Å². The number of ketones is 1. The van der Waals surface area contributed by atoms with Gasteiger partial charge in [0.05, 0.1) is 11.8 Å². The van der Waals surface area contributed by atoms with E-state index in [0.29, 0.717) is 15.8 Å². The topological polar surface area (TPSA) is 54.0 Å². The van der Waals surface area contributed by atoms with Crippen LogP contribution in [-0.4, -0.2) is 5.78 Å². The van der Waals surface area contributed by atoms with Crippen LogP contribution in [0.3, 0.4) is 0 Å². The van der Waals surface area contributed by atoms with E-state index in [2.05, 4.69) is 15.9 Å². The van der Waals surface area contributed by atoms with Crippen LogP contribution in [-0.2, 0) is 0 Å². The molecular weight excluding hydrogens is 330 g/mol. The van der Waals surface area contributed by atoms with Crippen LogP contribution in [0.2, 0.25) is 0 Å². The molecule has 0 aliphatic heterocycles. The fraction of sp³-hybridized carbons (Fsp3) is 0.0588. The first-order chi connectivity index (χ1) is 10.1. The number of Topliss-reactive ketones (excluding diaryl/α,β-unsaturated/α-hetero) is 1. The normalized spacial score (nSPS) is 12.0. The van der Waals surface area contributed by atoms with E-state index < -0.39 is 0 Å².